The minimum absolute atomic E-state index is 0.0302. The summed E-state index contributed by atoms with van der Waals surface area (Å²) in [6.45, 7) is 6.35. The van der Waals surface area contributed by atoms with E-state index >= 15 is 0 Å². The number of nitrogens with one attached hydrogen (secondary N) is 5. The van der Waals surface area contributed by atoms with Crippen molar-refractivity contribution >= 4 is 47.4 Å². The molecule has 0 saturated heterocycles. The van der Waals surface area contributed by atoms with E-state index in [0.717, 1.165) is 0 Å². The number of aromatic hydroxyl groups is 1. The lowest BCUT2D eigenvalue weighted by Gasteiger charge is -2.27. The van der Waals surface area contributed by atoms with E-state index < -0.39 is 84.6 Å². The van der Waals surface area contributed by atoms with Crippen LogP contribution in [0, 0.1) is 11.8 Å². The van der Waals surface area contributed by atoms with Crippen LogP contribution in [0.25, 0.3) is 0 Å². The highest BCUT2D eigenvalue weighted by Crippen LogP contribution is 2.13. The van der Waals surface area contributed by atoms with E-state index in [1.165, 1.54) is 24.3 Å². The summed E-state index contributed by atoms with van der Waals surface area (Å²) in [5, 5.41) is 40.0. The number of carbonyl (C=O) groups excluding carboxylic acids is 5. The molecule has 14 N–H and O–H groups in total. The molecule has 1 aromatic rings. The first-order valence-electron chi connectivity index (χ1n) is 16.3. The molecule has 19 heteroatoms. The molecular weight excluding hydrogens is 670 g/mol. The molecular formula is C32H51N9O10. The summed E-state index contributed by atoms with van der Waals surface area (Å²) in [6, 6.07) is -0.700. The molecule has 51 heavy (non-hydrogen) atoms. The molecule has 0 aliphatic rings. The number of carbonyl (C=O) groups is 7. The molecule has 0 aliphatic heterocycles. The van der Waals surface area contributed by atoms with Gasteiger partial charge in [0.15, 0.2) is 5.96 Å². The SMILES string of the molecule is CC(C)C[C@H](NC(=O)[C@@H](N)C(C)C)C(=O)N[C@@H](Cc1ccc(O)cc1)C(=O)N[C@@H](CCCN=C(N)N)C(=O)N[C@@H](CC(=O)O)C(=O)NCC(=O)O. The maximum absolute atomic E-state index is 13.9. The van der Waals surface area contributed by atoms with Gasteiger partial charge in [-0.05, 0) is 48.8 Å². The van der Waals surface area contributed by atoms with Gasteiger partial charge in [0.05, 0.1) is 12.5 Å². The normalized spacial score (nSPS) is 13.9. The van der Waals surface area contributed by atoms with Crippen LogP contribution in [0.1, 0.15) is 58.9 Å². The van der Waals surface area contributed by atoms with Gasteiger partial charge in [-0.3, -0.25) is 38.6 Å². The minimum Gasteiger partial charge on any atom is -0.508 e. The number of phenols is 1. The van der Waals surface area contributed by atoms with Crippen LogP contribution >= 0.6 is 0 Å². The summed E-state index contributed by atoms with van der Waals surface area (Å²) < 4.78 is 0. The number of carboxylic acid groups (broad SMARTS) is 2. The van der Waals surface area contributed by atoms with E-state index in [2.05, 4.69) is 26.3 Å². The van der Waals surface area contributed by atoms with E-state index in [9.17, 15) is 43.8 Å². The Hall–Kier alpha value is -5.46. The van der Waals surface area contributed by atoms with Gasteiger partial charge in [0.25, 0.3) is 0 Å². The zero-order valence-corrected chi connectivity index (χ0v) is 29.2. The number of hydrogen-bond donors (Lipinski definition) is 11. The Morgan fingerprint density at radius 3 is 1.78 bits per heavy atom. The van der Waals surface area contributed by atoms with Crippen LogP contribution < -0.4 is 43.8 Å². The lowest BCUT2D eigenvalue weighted by Crippen LogP contribution is -2.59. The lowest BCUT2D eigenvalue weighted by molar-refractivity contribution is -0.141. The molecule has 0 fully saturated rings. The predicted molar refractivity (Wildman–Crippen MR) is 185 cm³/mol. The molecule has 0 aliphatic carbocycles. The van der Waals surface area contributed by atoms with Crippen molar-refractivity contribution in [2.24, 2.45) is 34.0 Å². The Morgan fingerprint density at radius 2 is 1.25 bits per heavy atom. The van der Waals surface area contributed by atoms with Gasteiger partial charge in [0.1, 0.15) is 36.5 Å². The van der Waals surface area contributed by atoms with Gasteiger partial charge < -0.3 is 59.1 Å². The molecule has 1 aromatic carbocycles. The molecule has 0 radical (unpaired) electrons. The molecule has 5 amide bonds. The number of carboxylic acids is 2. The number of nitrogens with zero attached hydrogens (tertiary/aromatic N) is 1. The topological polar surface area (TPSA) is 331 Å². The van der Waals surface area contributed by atoms with Crippen LogP contribution in [0.5, 0.6) is 5.75 Å². The van der Waals surface area contributed by atoms with Gasteiger partial charge in [0, 0.05) is 13.0 Å². The molecule has 0 aromatic heterocycles. The van der Waals surface area contributed by atoms with E-state index in [0.29, 0.717) is 5.56 Å². The monoisotopic (exact) mass is 721 g/mol. The number of aliphatic imine (C=N–C) groups is 1. The second-order valence-corrected chi connectivity index (χ2v) is 12.7. The van der Waals surface area contributed by atoms with Crippen molar-refractivity contribution in [2.75, 3.05) is 13.1 Å². The third-order valence-electron chi connectivity index (χ3n) is 7.37. The van der Waals surface area contributed by atoms with Crippen LogP contribution in [0.4, 0.5) is 0 Å². The number of phenolic OH excluding ortho intramolecular Hbond substituents is 1. The van der Waals surface area contributed by atoms with Crippen molar-refractivity contribution < 1.29 is 48.9 Å². The maximum Gasteiger partial charge on any atom is 0.322 e. The van der Waals surface area contributed by atoms with Gasteiger partial charge in [-0.1, -0.05) is 39.8 Å². The van der Waals surface area contributed by atoms with E-state index in [1.54, 1.807) is 13.8 Å². The number of nitrogens with two attached hydrogens (primary N) is 3. The number of amides is 5. The zero-order valence-electron chi connectivity index (χ0n) is 29.2. The van der Waals surface area contributed by atoms with Crippen molar-refractivity contribution in [3.8, 4) is 5.75 Å². The van der Waals surface area contributed by atoms with Crippen LogP contribution in [0.15, 0.2) is 29.3 Å². The Bertz CT molecular complexity index is 1400. The largest absolute Gasteiger partial charge is 0.508 e. The highest BCUT2D eigenvalue weighted by atomic mass is 16.4. The first-order valence-corrected chi connectivity index (χ1v) is 16.3. The molecule has 1 rings (SSSR count). The first kappa shape index (κ1) is 43.6. The van der Waals surface area contributed by atoms with Gasteiger partial charge in [-0.2, -0.15) is 0 Å². The van der Waals surface area contributed by atoms with E-state index in [-0.39, 0.29) is 55.8 Å². The molecule has 19 nitrogen and oxygen atoms in total. The average molecular weight is 722 g/mol. The summed E-state index contributed by atoms with van der Waals surface area (Å²) >= 11 is 0. The van der Waals surface area contributed by atoms with Crippen LogP contribution in [0.2, 0.25) is 0 Å². The third-order valence-corrected chi connectivity index (χ3v) is 7.37. The van der Waals surface area contributed by atoms with Gasteiger partial charge in [-0.15, -0.1) is 0 Å². The standard InChI is InChI=1S/C32H51N9O10/c1-16(2)12-21(41-31(51)26(33)17(3)4)29(49)39-22(13-18-7-9-19(42)10-8-18)30(50)38-20(6-5-11-36-32(34)35)28(48)40-23(14-24(43)44)27(47)37-15-25(45)46/h7-10,16-17,20-23,26,42H,5-6,11-15,33H2,1-4H3,(H,37,47)(H,38,50)(H,39,49)(H,40,48)(H,41,51)(H,43,44)(H,45,46)(H4,34,35,36)/t20-,21-,22-,23-,26-/m0/s1. The maximum atomic E-state index is 13.9. The second-order valence-electron chi connectivity index (χ2n) is 12.7. The predicted octanol–water partition coefficient (Wildman–Crippen LogP) is -2.37. The summed E-state index contributed by atoms with van der Waals surface area (Å²) in [4.78, 5) is 92.6. The highest BCUT2D eigenvalue weighted by molar-refractivity contribution is 5.97. The van der Waals surface area contributed by atoms with E-state index in [1.807, 2.05) is 19.2 Å². The fourth-order valence-corrected chi connectivity index (χ4v) is 4.61. The fourth-order valence-electron chi connectivity index (χ4n) is 4.61. The number of aliphatic carboxylic acids is 2. The van der Waals surface area contributed by atoms with Crippen molar-refractivity contribution in [3.63, 3.8) is 0 Å². The van der Waals surface area contributed by atoms with Crippen molar-refractivity contribution in [1.29, 1.82) is 0 Å². The van der Waals surface area contributed by atoms with Gasteiger partial charge in [-0.25, -0.2) is 0 Å². The highest BCUT2D eigenvalue weighted by Gasteiger charge is 2.33. The molecule has 0 unspecified atom stereocenters. The number of benzene rings is 1. The molecule has 0 heterocycles. The van der Waals surface area contributed by atoms with Gasteiger partial charge >= 0.3 is 11.9 Å². The molecule has 284 valence electrons. The number of hydrogen-bond acceptors (Lipinski definition) is 10. The average Bonchev–Trinajstić information content (AvgIpc) is 3.03. The van der Waals surface area contributed by atoms with E-state index in [4.69, 9.17) is 22.3 Å². The Labute approximate surface area is 295 Å². The number of rotatable bonds is 22. The quantitative estimate of drug-likeness (QED) is 0.0339. The zero-order chi connectivity index (χ0) is 38.8. The smallest absolute Gasteiger partial charge is 0.322 e. The molecule has 5 atom stereocenters. The second kappa shape index (κ2) is 21.6. The van der Waals surface area contributed by atoms with Crippen LogP contribution in [-0.2, 0) is 40.0 Å². The minimum atomic E-state index is -1.71. The third kappa shape index (κ3) is 17.2. The van der Waals surface area contributed by atoms with Crippen molar-refractivity contribution in [3.05, 3.63) is 29.8 Å². The summed E-state index contributed by atoms with van der Waals surface area (Å²) in [6.07, 6.45) is -0.842. The Balaban J connectivity index is 3.44. The van der Waals surface area contributed by atoms with Crippen molar-refractivity contribution in [2.45, 2.75) is 90.0 Å². The van der Waals surface area contributed by atoms with Gasteiger partial charge in [0.2, 0.25) is 29.5 Å². The van der Waals surface area contributed by atoms with Crippen molar-refractivity contribution in [1.82, 2.24) is 26.6 Å². The number of guanidine groups is 1. The summed E-state index contributed by atoms with van der Waals surface area (Å²) in [7, 11) is 0. The summed E-state index contributed by atoms with van der Waals surface area (Å²) in [5.74, 6) is -7.68. The summed E-state index contributed by atoms with van der Waals surface area (Å²) in [5.41, 5.74) is 17.2. The fraction of sp³-hybridized carbons (Fsp3) is 0.562. The molecule has 0 bridgehead atoms. The Kier molecular flexibility index (Phi) is 18.4. The van der Waals surface area contributed by atoms with Crippen LogP contribution in [0.3, 0.4) is 0 Å². The molecule has 0 saturated carbocycles. The lowest BCUT2D eigenvalue weighted by atomic mass is 9.99. The first-order chi connectivity index (χ1) is 23.8. The molecule has 0 spiro atoms. The van der Waals surface area contributed by atoms with Crippen LogP contribution in [-0.4, -0.2) is 106 Å². The Morgan fingerprint density at radius 1 is 0.725 bits per heavy atom.